The maximum atomic E-state index is 12.1. The van der Waals surface area contributed by atoms with Crippen molar-refractivity contribution < 1.29 is 14.4 Å². The van der Waals surface area contributed by atoms with E-state index in [1.807, 2.05) is 12.1 Å². The summed E-state index contributed by atoms with van der Waals surface area (Å²) in [6.45, 7) is 0.00851. The van der Waals surface area contributed by atoms with E-state index < -0.39 is 11.8 Å². The highest BCUT2D eigenvalue weighted by Crippen LogP contribution is 2.13. The Bertz CT molecular complexity index is 692. The first-order valence-electron chi connectivity index (χ1n) is 6.80. The molecule has 0 spiro atoms. The number of Topliss-reactive ketones (excluding diaryl/α,β-unsaturated/α-hetero) is 2. The highest BCUT2D eigenvalue weighted by molar-refractivity contribution is 6.27. The van der Waals surface area contributed by atoms with Crippen LogP contribution < -0.4 is 5.32 Å². The molecule has 110 valence electrons. The molecular formula is C17H15N3O2. The second-order valence-electron chi connectivity index (χ2n) is 4.66. The van der Waals surface area contributed by atoms with E-state index in [0.717, 1.165) is 6.21 Å². The predicted molar refractivity (Wildman–Crippen MR) is 82.6 cm³/mol. The molecule has 0 radical (unpaired) electrons. The Morgan fingerprint density at radius 3 is 2.23 bits per heavy atom. The lowest BCUT2D eigenvalue weighted by Crippen LogP contribution is -2.33. The summed E-state index contributed by atoms with van der Waals surface area (Å²) in [6, 6.07) is 17.1. The van der Waals surface area contributed by atoms with Crippen molar-refractivity contribution in [2.24, 2.45) is 0 Å². The molecule has 5 nitrogen and oxygen atoms in total. The Kier molecular flexibility index (Phi) is 5.49. The number of nitrogens with zero attached hydrogens (tertiary/aromatic N) is 2. The molecule has 0 amide bonds. The van der Waals surface area contributed by atoms with Crippen LogP contribution in [0.4, 0.5) is 0 Å². The van der Waals surface area contributed by atoms with Gasteiger partial charge >= 0.3 is 6.21 Å². The van der Waals surface area contributed by atoms with E-state index in [1.54, 1.807) is 48.5 Å². The molecule has 0 bridgehead atoms. The molecule has 0 fully saturated rings. The summed E-state index contributed by atoms with van der Waals surface area (Å²) >= 11 is 0. The summed E-state index contributed by atoms with van der Waals surface area (Å²) < 4.78 is 0. The molecule has 0 aromatic heterocycles. The number of ketones is 2. The van der Waals surface area contributed by atoms with Gasteiger partial charge in [0.25, 0.3) is 5.78 Å². The van der Waals surface area contributed by atoms with Crippen molar-refractivity contribution in [2.45, 2.75) is 6.04 Å². The van der Waals surface area contributed by atoms with Crippen molar-refractivity contribution in [3.63, 3.8) is 0 Å². The lowest BCUT2D eigenvalue weighted by atomic mass is 10.0. The van der Waals surface area contributed by atoms with Gasteiger partial charge in [-0.3, -0.25) is 14.9 Å². The first kappa shape index (κ1) is 15.5. The standard InChI is InChI=1S/C17H15N3O2/c18-20-12-16(22)17(14-9-5-2-6-10-14)19-11-15(21)13-7-3-1-4-8-13/h1-10,12,17,19H,11H2/t17-/m0/s1. The summed E-state index contributed by atoms with van der Waals surface area (Å²) in [7, 11) is 0. The zero-order valence-electron chi connectivity index (χ0n) is 11.8. The maximum Gasteiger partial charge on any atom is 0.325 e. The normalized spacial score (nSPS) is 11.3. The molecule has 0 heterocycles. The lowest BCUT2D eigenvalue weighted by Gasteiger charge is -2.14. The quantitative estimate of drug-likeness (QED) is 0.367. The van der Waals surface area contributed by atoms with Gasteiger partial charge in [-0.15, -0.1) is 0 Å². The van der Waals surface area contributed by atoms with Crippen molar-refractivity contribution in [1.29, 1.82) is 0 Å². The van der Waals surface area contributed by atoms with Crippen LogP contribution in [0.25, 0.3) is 5.53 Å². The van der Waals surface area contributed by atoms with Gasteiger partial charge in [0.15, 0.2) is 5.78 Å². The van der Waals surface area contributed by atoms with E-state index in [2.05, 4.69) is 10.1 Å². The molecular weight excluding hydrogens is 278 g/mol. The van der Waals surface area contributed by atoms with Gasteiger partial charge in [0.1, 0.15) is 6.04 Å². The van der Waals surface area contributed by atoms with Gasteiger partial charge in [0, 0.05) is 5.56 Å². The molecule has 2 rings (SSSR count). The van der Waals surface area contributed by atoms with Crippen LogP contribution in [0.3, 0.4) is 0 Å². The van der Waals surface area contributed by atoms with E-state index >= 15 is 0 Å². The molecule has 1 atom stereocenters. The van der Waals surface area contributed by atoms with Gasteiger partial charge in [0.05, 0.1) is 6.54 Å². The van der Waals surface area contributed by atoms with Crippen LogP contribution >= 0.6 is 0 Å². The zero-order chi connectivity index (χ0) is 15.8. The summed E-state index contributed by atoms with van der Waals surface area (Å²) in [4.78, 5) is 26.9. The van der Waals surface area contributed by atoms with Gasteiger partial charge in [-0.05, 0) is 5.56 Å². The minimum Gasteiger partial charge on any atom is -0.361 e. The molecule has 2 aromatic rings. The maximum absolute atomic E-state index is 12.1. The van der Waals surface area contributed by atoms with Gasteiger partial charge < -0.3 is 5.53 Å². The van der Waals surface area contributed by atoms with Crippen LogP contribution in [-0.2, 0) is 4.79 Å². The number of rotatable bonds is 7. The Balaban J connectivity index is 2.12. The third kappa shape index (κ3) is 4.06. The summed E-state index contributed by atoms with van der Waals surface area (Å²) in [6.07, 6.45) is 0.831. The number of nitrogens with one attached hydrogen (secondary N) is 1. The minimum atomic E-state index is -0.732. The van der Waals surface area contributed by atoms with Crippen LogP contribution in [0.5, 0.6) is 0 Å². The zero-order valence-corrected chi connectivity index (χ0v) is 11.8. The summed E-state index contributed by atoms with van der Waals surface area (Å²) in [5.41, 5.74) is 9.82. The van der Waals surface area contributed by atoms with Crippen molar-refractivity contribution >= 4 is 17.8 Å². The lowest BCUT2D eigenvalue weighted by molar-refractivity contribution is -0.118. The Morgan fingerprint density at radius 1 is 1.05 bits per heavy atom. The topological polar surface area (TPSA) is 82.6 Å². The molecule has 0 aliphatic heterocycles. The van der Waals surface area contributed by atoms with Crippen LogP contribution in [0.15, 0.2) is 60.7 Å². The summed E-state index contributed by atoms with van der Waals surface area (Å²) in [5, 5.41) is 2.92. The van der Waals surface area contributed by atoms with Crippen LogP contribution in [0, 0.1) is 0 Å². The van der Waals surface area contributed by atoms with Gasteiger partial charge in [-0.1, -0.05) is 60.7 Å². The molecule has 0 aliphatic rings. The highest BCUT2D eigenvalue weighted by atomic mass is 16.1. The first-order chi connectivity index (χ1) is 10.7. The number of carbonyl (C=O) groups excluding carboxylic acids is 2. The monoisotopic (exact) mass is 293 g/mol. The highest BCUT2D eigenvalue weighted by Gasteiger charge is 2.22. The smallest absolute Gasteiger partial charge is 0.325 e. The predicted octanol–water partition coefficient (Wildman–Crippen LogP) is 2.07. The first-order valence-corrected chi connectivity index (χ1v) is 6.80. The number of hydrogen-bond donors (Lipinski definition) is 1. The van der Waals surface area contributed by atoms with Crippen LogP contribution in [0.1, 0.15) is 22.0 Å². The second-order valence-corrected chi connectivity index (χ2v) is 4.66. The SMILES string of the molecule is [N-]=[N+]=CC(=O)[C@@H](NCC(=O)c1ccccc1)c1ccccc1. The van der Waals surface area contributed by atoms with Crippen molar-refractivity contribution in [1.82, 2.24) is 5.32 Å². The molecule has 5 heteroatoms. The second kappa shape index (κ2) is 7.78. The minimum absolute atomic E-state index is 0.00851. The third-order valence-corrected chi connectivity index (χ3v) is 3.16. The fraction of sp³-hybridized carbons (Fsp3) is 0.118. The van der Waals surface area contributed by atoms with E-state index in [1.165, 1.54) is 0 Å². The van der Waals surface area contributed by atoms with Crippen molar-refractivity contribution in [2.75, 3.05) is 6.54 Å². The number of hydrogen-bond acceptors (Lipinski definition) is 3. The van der Waals surface area contributed by atoms with Crippen LogP contribution in [0.2, 0.25) is 0 Å². The fourth-order valence-electron chi connectivity index (χ4n) is 2.08. The molecule has 1 N–H and O–H groups in total. The number of carbonyl (C=O) groups is 2. The fourth-order valence-corrected chi connectivity index (χ4v) is 2.08. The Morgan fingerprint density at radius 2 is 1.64 bits per heavy atom. The van der Waals surface area contributed by atoms with Gasteiger partial charge in [0.2, 0.25) is 0 Å². The Labute approximate surface area is 128 Å². The van der Waals surface area contributed by atoms with E-state index in [0.29, 0.717) is 11.1 Å². The van der Waals surface area contributed by atoms with Gasteiger partial charge in [-0.25, -0.2) is 0 Å². The molecule has 0 unspecified atom stereocenters. The molecule has 22 heavy (non-hydrogen) atoms. The van der Waals surface area contributed by atoms with Crippen molar-refractivity contribution in [3.8, 4) is 0 Å². The largest absolute Gasteiger partial charge is 0.361 e. The average molecular weight is 293 g/mol. The van der Waals surface area contributed by atoms with Crippen molar-refractivity contribution in [3.05, 3.63) is 77.3 Å². The van der Waals surface area contributed by atoms with E-state index in [9.17, 15) is 9.59 Å². The Hall–Kier alpha value is -2.88. The van der Waals surface area contributed by atoms with Crippen LogP contribution in [-0.4, -0.2) is 29.1 Å². The average Bonchev–Trinajstić information content (AvgIpc) is 2.57. The third-order valence-electron chi connectivity index (χ3n) is 3.16. The summed E-state index contributed by atoms with van der Waals surface area (Å²) in [5.74, 6) is -0.537. The van der Waals surface area contributed by atoms with Gasteiger partial charge in [-0.2, -0.15) is 4.79 Å². The number of benzene rings is 2. The molecule has 0 saturated heterocycles. The van der Waals surface area contributed by atoms with E-state index in [4.69, 9.17) is 5.53 Å². The molecule has 0 aliphatic carbocycles. The molecule has 2 aromatic carbocycles. The molecule has 0 saturated carbocycles. The van der Waals surface area contributed by atoms with E-state index in [-0.39, 0.29) is 12.3 Å².